The van der Waals surface area contributed by atoms with Gasteiger partial charge in [-0.05, 0) is 36.4 Å². The zero-order valence-electron chi connectivity index (χ0n) is 21.2. The van der Waals surface area contributed by atoms with Gasteiger partial charge in [0.2, 0.25) is 0 Å². The van der Waals surface area contributed by atoms with Crippen molar-refractivity contribution in [1.29, 1.82) is 0 Å². The second kappa shape index (κ2) is 8.63. The molecule has 1 aliphatic rings. The lowest BCUT2D eigenvalue weighted by atomic mass is 9.75. The lowest BCUT2D eigenvalue weighted by Crippen LogP contribution is -2.24. The molecular formula is C34H25N3O. The molecule has 6 aromatic rings. The third-order valence-electron chi connectivity index (χ3n) is 7.39. The number of hydrogen-bond acceptors (Lipinski definition) is 4. The Morgan fingerprint density at radius 2 is 1.39 bits per heavy atom. The molecule has 7 rings (SSSR count). The number of benzene rings is 4. The molecule has 0 bridgehead atoms. The molecule has 38 heavy (non-hydrogen) atoms. The topological polar surface area (TPSA) is 47.9 Å². The first kappa shape index (κ1) is 22.4. The minimum Gasteiger partial charge on any atom is -0.457 e. The fraction of sp³-hybridized carbons (Fsp3) is 0.0882. The minimum absolute atomic E-state index is 0.159. The van der Waals surface area contributed by atoms with Gasteiger partial charge >= 0.3 is 0 Å². The SMILES string of the molecule is CC1(C)c2ccccc2Oc2cc(-c3nc(-c4cccc(-c5ccccn5)c4)nc4ccccc34)ccc21. The van der Waals surface area contributed by atoms with E-state index in [1.807, 2.05) is 60.8 Å². The van der Waals surface area contributed by atoms with Gasteiger partial charge in [-0.2, -0.15) is 0 Å². The summed E-state index contributed by atoms with van der Waals surface area (Å²) in [6.45, 7) is 4.50. The van der Waals surface area contributed by atoms with E-state index < -0.39 is 0 Å². The maximum absolute atomic E-state index is 6.42. The highest BCUT2D eigenvalue weighted by atomic mass is 16.5. The van der Waals surface area contributed by atoms with Gasteiger partial charge in [-0.15, -0.1) is 0 Å². The van der Waals surface area contributed by atoms with E-state index >= 15 is 0 Å². The molecular weight excluding hydrogens is 466 g/mol. The number of ether oxygens (including phenoxy) is 1. The zero-order valence-corrected chi connectivity index (χ0v) is 21.2. The quantitative estimate of drug-likeness (QED) is 0.249. The van der Waals surface area contributed by atoms with Gasteiger partial charge in [0, 0.05) is 44.8 Å². The van der Waals surface area contributed by atoms with Crippen LogP contribution in [-0.2, 0) is 5.41 Å². The van der Waals surface area contributed by atoms with Gasteiger partial charge in [0.15, 0.2) is 5.82 Å². The number of aromatic nitrogens is 3. The van der Waals surface area contributed by atoms with Crippen LogP contribution in [0.2, 0.25) is 0 Å². The molecule has 0 N–H and O–H groups in total. The van der Waals surface area contributed by atoms with Crippen molar-refractivity contribution in [2.75, 3.05) is 0 Å². The summed E-state index contributed by atoms with van der Waals surface area (Å²) in [5.41, 5.74) is 7.90. The Labute approximate surface area is 221 Å². The number of fused-ring (bicyclic) bond motifs is 3. The molecule has 0 unspecified atom stereocenters. The highest BCUT2D eigenvalue weighted by molar-refractivity contribution is 5.94. The maximum Gasteiger partial charge on any atom is 0.160 e. The summed E-state index contributed by atoms with van der Waals surface area (Å²) in [4.78, 5) is 14.6. The summed E-state index contributed by atoms with van der Waals surface area (Å²) >= 11 is 0. The third kappa shape index (κ3) is 3.65. The molecule has 182 valence electrons. The van der Waals surface area contributed by atoms with Crippen LogP contribution in [0.15, 0.2) is 115 Å². The van der Waals surface area contributed by atoms with Crippen molar-refractivity contribution in [3.8, 4) is 45.4 Å². The second-order valence-electron chi connectivity index (χ2n) is 10.1. The number of rotatable bonds is 3. The molecule has 0 fully saturated rings. The predicted molar refractivity (Wildman–Crippen MR) is 152 cm³/mol. The molecule has 0 saturated heterocycles. The van der Waals surface area contributed by atoms with Gasteiger partial charge in [-0.25, -0.2) is 9.97 Å². The summed E-state index contributed by atoms with van der Waals surface area (Å²) in [6, 6.07) is 37.1. The summed E-state index contributed by atoms with van der Waals surface area (Å²) in [5, 5.41) is 1.01. The minimum atomic E-state index is -0.159. The molecule has 0 aliphatic carbocycles. The Morgan fingerprint density at radius 1 is 0.605 bits per heavy atom. The van der Waals surface area contributed by atoms with Gasteiger partial charge in [-0.3, -0.25) is 4.98 Å². The van der Waals surface area contributed by atoms with E-state index in [0.717, 1.165) is 50.5 Å². The van der Waals surface area contributed by atoms with Crippen molar-refractivity contribution in [3.05, 3.63) is 127 Å². The van der Waals surface area contributed by atoms with E-state index in [1.54, 1.807) is 0 Å². The first-order chi connectivity index (χ1) is 18.6. The van der Waals surface area contributed by atoms with Crippen LogP contribution in [-0.4, -0.2) is 15.0 Å². The average Bonchev–Trinajstić information content (AvgIpc) is 2.97. The summed E-state index contributed by atoms with van der Waals surface area (Å²) in [5.74, 6) is 2.45. The monoisotopic (exact) mass is 491 g/mol. The standard InChI is InChI=1S/C34H25N3O/c1-34(2)26-13-4-6-16-30(26)38-31-21-23(17-18-27(31)34)32-25-12-3-5-15-29(25)36-33(37-32)24-11-9-10-22(20-24)28-14-7-8-19-35-28/h3-21H,1-2H3. The van der Waals surface area contributed by atoms with Crippen molar-refractivity contribution in [3.63, 3.8) is 0 Å². The van der Waals surface area contributed by atoms with Crippen LogP contribution in [0.4, 0.5) is 0 Å². The summed E-state index contributed by atoms with van der Waals surface area (Å²) in [7, 11) is 0. The lowest BCUT2D eigenvalue weighted by molar-refractivity contribution is 0.418. The Balaban J connectivity index is 1.38. The first-order valence-electron chi connectivity index (χ1n) is 12.8. The maximum atomic E-state index is 6.42. The molecule has 0 saturated carbocycles. The highest BCUT2D eigenvalue weighted by Gasteiger charge is 2.34. The Bertz CT molecular complexity index is 1830. The molecule has 2 aromatic heterocycles. The third-order valence-corrected chi connectivity index (χ3v) is 7.39. The number of nitrogens with zero attached hydrogens (tertiary/aromatic N) is 3. The van der Waals surface area contributed by atoms with E-state index in [0.29, 0.717) is 5.82 Å². The van der Waals surface area contributed by atoms with Crippen LogP contribution in [0.1, 0.15) is 25.0 Å². The van der Waals surface area contributed by atoms with Crippen LogP contribution in [0.3, 0.4) is 0 Å². The molecule has 0 amide bonds. The summed E-state index contributed by atoms with van der Waals surface area (Å²) < 4.78 is 6.42. The molecule has 4 nitrogen and oxygen atoms in total. The second-order valence-corrected chi connectivity index (χ2v) is 10.1. The number of hydrogen-bond donors (Lipinski definition) is 0. The normalized spacial score (nSPS) is 13.4. The van der Waals surface area contributed by atoms with Crippen LogP contribution in [0, 0.1) is 0 Å². The van der Waals surface area contributed by atoms with Gasteiger partial charge in [0.05, 0.1) is 16.9 Å². The van der Waals surface area contributed by atoms with E-state index in [9.17, 15) is 0 Å². The molecule has 1 aliphatic heterocycles. The highest BCUT2D eigenvalue weighted by Crippen LogP contribution is 2.48. The summed E-state index contributed by atoms with van der Waals surface area (Å²) in [6.07, 6.45) is 1.81. The first-order valence-corrected chi connectivity index (χ1v) is 12.8. The Kier molecular flexibility index (Phi) is 5.08. The van der Waals surface area contributed by atoms with Crippen LogP contribution in [0.25, 0.3) is 44.8 Å². The zero-order chi connectivity index (χ0) is 25.7. The van der Waals surface area contributed by atoms with Gasteiger partial charge in [0.1, 0.15) is 11.5 Å². The van der Waals surface area contributed by atoms with Gasteiger partial charge in [-0.1, -0.05) is 86.6 Å². The van der Waals surface area contributed by atoms with Crippen LogP contribution < -0.4 is 4.74 Å². The van der Waals surface area contributed by atoms with E-state index in [2.05, 4.69) is 73.4 Å². The van der Waals surface area contributed by atoms with Crippen molar-refractivity contribution in [1.82, 2.24) is 15.0 Å². The number of pyridine rings is 1. The predicted octanol–water partition coefficient (Wildman–Crippen LogP) is 8.46. The van der Waals surface area contributed by atoms with E-state index in [-0.39, 0.29) is 5.41 Å². The molecule has 4 aromatic carbocycles. The average molecular weight is 492 g/mol. The number of para-hydroxylation sites is 2. The molecule has 4 heteroatoms. The van der Waals surface area contributed by atoms with Crippen molar-refractivity contribution in [2.45, 2.75) is 19.3 Å². The van der Waals surface area contributed by atoms with Crippen LogP contribution >= 0.6 is 0 Å². The molecule has 0 radical (unpaired) electrons. The van der Waals surface area contributed by atoms with Crippen molar-refractivity contribution in [2.24, 2.45) is 0 Å². The Morgan fingerprint density at radius 3 is 2.29 bits per heavy atom. The smallest absolute Gasteiger partial charge is 0.160 e. The lowest BCUT2D eigenvalue weighted by Gasteiger charge is -2.34. The van der Waals surface area contributed by atoms with Crippen LogP contribution in [0.5, 0.6) is 11.5 Å². The van der Waals surface area contributed by atoms with Crippen molar-refractivity contribution < 1.29 is 4.74 Å². The largest absolute Gasteiger partial charge is 0.457 e. The van der Waals surface area contributed by atoms with Gasteiger partial charge in [0.25, 0.3) is 0 Å². The van der Waals surface area contributed by atoms with Gasteiger partial charge < -0.3 is 4.74 Å². The van der Waals surface area contributed by atoms with E-state index in [4.69, 9.17) is 14.7 Å². The fourth-order valence-corrected chi connectivity index (χ4v) is 5.38. The Hall–Kier alpha value is -4.83. The molecule has 0 spiro atoms. The fourth-order valence-electron chi connectivity index (χ4n) is 5.38. The molecule has 0 atom stereocenters. The van der Waals surface area contributed by atoms with E-state index in [1.165, 1.54) is 11.1 Å². The van der Waals surface area contributed by atoms with Crippen molar-refractivity contribution >= 4 is 10.9 Å². The molecule has 3 heterocycles.